The highest BCUT2D eigenvalue weighted by molar-refractivity contribution is 6.34. The van der Waals surface area contributed by atoms with Crippen molar-refractivity contribution in [1.82, 2.24) is 4.90 Å². The molecule has 3 N–H and O–H groups in total. The van der Waals surface area contributed by atoms with Crippen LogP contribution in [0.5, 0.6) is 0 Å². The number of benzene rings is 1. The van der Waals surface area contributed by atoms with Gasteiger partial charge in [0.15, 0.2) is 5.60 Å². The Morgan fingerprint density at radius 2 is 2.10 bits per heavy atom. The molecule has 2 rings (SSSR count). The van der Waals surface area contributed by atoms with Crippen LogP contribution in [0.2, 0.25) is 5.02 Å². The first-order valence-corrected chi connectivity index (χ1v) is 6.15. The number of nitrogens with two attached hydrogens (primary N) is 1. The van der Waals surface area contributed by atoms with Crippen LogP contribution in [0.1, 0.15) is 16.8 Å². The molecule has 1 aromatic carbocycles. The van der Waals surface area contributed by atoms with Crippen LogP contribution in [0, 0.1) is 0 Å². The number of β-amino-alcohol motifs (C(OH)–C–C–N with tert-alkyl or cyclic N) is 1. The molecule has 1 heterocycles. The van der Waals surface area contributed by atoms with Gasteiger partial charge >= 0.3 is 6.18 Å². The van der Waals surface area contributed by atoms with Gasteiger partial charge in [0.2, 0.25) is 0 Å². The van der Waals surface area contributed by atoms with Gasteiger partial charge in [-0.1, -0.05) is 11.6 Å². The van der Waals surface area contributed by atoms with Gasteiger partial charge in [0, 0.05) is 18.7 Å². The van der Waals surface area contributed by atoms with Crippen LogP contribution in [-0.4, -0.2) is 40.8 Å². The van der Waals surface area contributed by atoms with E-state index >= 15 is 0 Å². The van der Waals surface area contributed by atoms with E-state index in [1.54, 1.807) is 0 Å². The van der Waals surface area contributed by atoms with Gasteiger partial charge in [0.1, 0.15) is 0 Å². The van der Waals surface area contributed by atoms with Crippen molar-refractivity contribution < 1.29 is 23.1 Å². The Balaban J connectivity index is 2.20. The molecule has 1 fully saturated rings. The summed E-state index contributed by atoms with van der Waals surface area (Å²) in [5.41, 5.74) is 3.03. The molecule has 0 spiro atoms. The number of carbonyl (C=O) groups excluding carboxylic acids is 1. The number of nitrogen functional groups attached to an aromatic ring is 1. The standard InChI is InChI=1S/C12H12ClF3N2O2/c13-9-5-7(17)1-2-8(9)10(19)18-4-3-11(20,6-18)12(14,15)16/h1-2,5,20H,3-4,6,17H2. The first-order valence-electron chi connectivity index (χ1n) is 5.77. The number of hydrogen-bond donors (Lipinski definition) is 2. The second-order valence-corrected chi connectivity index (χ2v) is 5.15. The van der Waals surface area contributed by atoms with Crippen molar-refractivity contribution in [2.75, 3.05) is 18.8 Å². The number of rotatable bonds is 1. The second kappa shape index (κ2) is 4.82. The van der Waals surface area contributed by atoms with Crippen LogP contribution in [0.4, 0.5) is 18.9 Å². The summed E-state index contributed by atoms with van der Waals surface area (Å²) >= 11 is 5.85. The van der Waals surface area contributed by atoms with E-state index in [1.165, 1.54) is 18.2 Å². The zero-order chi connectivity index (χ0) is 15.1. The van der Waals surface area contributed by atoms with E-state index in [1.807, 2.05) is 0 Å². The molecule has 20 heavy (non-hydrogen) atoms. The van der Waals surface area contributed by atoms with Crippen LogP contribution >= 0.6 is 11.6 Å². The van der Waals surface area contributed by atoms with Gasteiger partial charge in [-0.05, 0) is 18.2 Å². The second-order valence-electron chi connectivity index (χ2n) is 4.75. The highest BCUT2D eigenvalue weighted by atomic mass is 35.5. The van der Waals surface area contributed by atoms with Crippen molar-refractivity contribution >= 4 is 23.2 Å². The van der Waals surface area contributed by atoms with Gasteiger partial charge in [-0.3, -0.25) is 4.79 Å². The number of hydrogen-bond acceptors (Lipinski definition) is 3. The van der Waals surface area contributed by atoms with Crippen LogP contribution in [0.3, 0.4) is 0 Å². The predicted molar refractivity (Wildman–Crippen MR) is 67.4 cm³/mol. The number of alkyl halides is 3. The maximum atomic E-state index is 12.7. The topological polar surface area (TPSA) is 66.6 Å². The fraction of sp³-hybridized carbons (Fsp3) is 0.417. The molecule has 1 amide bonds. The average Bonchev–Trinajstić information content (AvgIpc) is 2.72. The summed E-state index contributed by atoms with van der Waals surface area (Å²) in [5, 5.41) is 9.60. The van der Waals surface area contributed by atoms with E-state index in [4.69, 9.17) is 17.3 Å². The molecule has 1 saturated heterocycles. The lowest BCUT2D eigenvalue weighted by Crippen LogP contribution is -2.48. The molecular formula is C12H12ClF3N2O2. The largest absolute Gasteiger partial charge is 0.419 e. The average molecular weight is 309 g/mol. The Labute approximate surface area is 117 Å². The van der Waals surface area contributed by atoms with E-state index in [9.17, 15) is 23.1 Å². The van der Waals surface area contributed by atoms with Crippen molar-refractivity contribution in [3.63, 3.8) is 0 Å². The highest BCUT2D eigenvalue weighted by Gasteiger charge is 2.57. The number of nitrogens with zero attached hydrogens (tertiary/aromatic N) is 1. The number of likely N-dealkylation sites (tertiary alicyclic amines) is 1. The molecule has 4 nitrogen and oxygen atoms in total. The normalized spacial score (nSPS) is 23.1. The maximum absolute atomic E-state index is 12.7. The highest BCUT2D eigenvalue weighted by Crippen LogP contribution is 2.38. The lowest BCUT2D eigenvalue weighted by atomic mass is 10.0. The summed E-state index contributed by atoms with van der Waals surface area (Å²) in [6, 6.07) is 4.14. The summed E-state index contributed by atoms with van der Waals surface area (Å²) in [6.45, 7) is -0.981. The summed E-state index contributed by atoms with van der Waals surface area (Å²) < 4.78 is 38.1. The first kappa shape index (κ1) is 14.9. The molecule has 1 aromatic rings. The SMILES string of the molecule is Nc1ccc(C(=O)N2CCC(O)(C(F)(F)F)C2)c(Cl)c1. The van der Waals surface area contributed by atoms with E-state index in [0.717, 1.165) is 4.90 Å². The van der Waals surface area contributed by atoms with Crippen LogP contribution in [0.15, 0.2) is 18.2 Å². The Hall–Kier alpha value is -1.47. The Morgan fingerprint density at radius 1 is 1.45 bits per heavy atom. The van der Waals surface area contributed by atoms with Crippen molar-refractivity contribution in [1.29, 1.82) is 0 Å². The van der Waals surface area contributed by atoms with Gasteiger partial charge in [-0.25, -0.2) is 0 Å². The molecule has 0 aromatic heterocycles. The zero-order valence-corrected chi connectivity index (χ0v) is 11.0. The van der Waals surface area contributed by atoms with Crippen molar-refractivity contribution in [3.8, 4) is 0 Å². The van der Waals surface area contributed by atoms with Gasteiger partial charge in [0.25, 0.3) is 5.91 Å². The third kappa shape index (κ3) is 2.55. The number of aliphatic hydroxyl groups is 1. The molecule has 8 heteroatoms. The number of halogens is 4. The molecule has 1 aliphatic heterocycles. The van der Waals surface area contributed by atoms with E-state index < -0.39 is 30.7 Å². The third-order valence-electron chi connectivity index (χ3n) is 3.29. The van der Waals surface area contributed by atoms with E-state index in [0.29, 0.717) is 5.69 Å². The third-order valence-corrected chi connectivity index (χ3v) is 3.60. The Kier molecular flexibility index (Phi) is 3.60. The molecule has 1 aliphatic rings. The van der Waals surface area contributed by atoms with Crippen molar-refractivity contribution in [2.24, 2.45) is 0 Å². The molecule has 110 valence electrons. The maximum Gasteiger partial charge on any atom is 0.419 e. The van der Waals surface area contributed by atoms with Crippen molar-refractivity contribution in [3.05, 3.63) is 28.8 Å². The molecule has 0 bridgehead atoms. The van der Waals surface area contributed by atoms with Gasteiger partial charge in [0.05, 0.1) is 17.1 Å². The summed E-state index contributed by atoms with van der Waals surface area (Å²) in [7, 11) is 0. The quantitative estimate of drug-likeness (QED) is 0.780. The van der Waals surface area contributed by atoms with Crippen LogP contribution in [-0.2, 0) is 0 Å². The number of anilines is 1. The minimum atomic E-state index is -4.77. The van der Waals surface area contributed by atoms with Crippen molar-refractivity contribution in [2.45, 2.75) is 18.2 Å². The summed E-state index contributed by atoms with van der Waals surface area (Å²) in [4.78, 5) is 13.1. The fourth-order valence-electron chi connectivity index (χ4n) is 2.07. The predicted octanol–water partition coefficient (Wildman–Crippen LogP) is 2.06. The monoisotopic (exact) mass is 308 g/mol. The number of carbonyl (C=O) groups is 1. The minimum absolute atomic E-state index is 0.0623. The fourth-order valence-corrected chi connectivity index (χ4v) is 2.34. The van der Waals surface area contributed by atoms with Crippen LogP contribution in [0.25, 0.3) is 0 Å². The lowest BCUT2D eigenvalue weighted by Gasteiger charge is -2.26. The number of amides is 1. The smallest absolute Gasteiger partial charge is 0.399 e. The van der Waals surface area contributed by atoms with Gasteiger partial charge in [-0.2, -0.15) is 13.2 Å². The van der Waals surface area contributed by atoms with Gasteiger partial charge < -0.3 is 15.7 Å². The van der Waals surface area contributed by atoms with E-state index in [-0.39, 0.29) is 17.1 Å². The lowest BCUT2D eigenvalue weighted by molar-refractivity contribution is -0.253. The zero-order valence-electron chi connectivity index (χ0n) is 10.2. The van der Waals surface area contributed by atoms with E-state index in [2.05, 4.69) is 0 Å². The molecule has 0 aliphatic carbocycles. The molecule has 0 radical (unpaired) electrons. The summed E-state index contributed by atoms with van der Waals surface area (Å²) in [6.07, 6.45) is -5.32. The molecule has 1 unspecified atom stereocenters. The minimum Gasteiger partial charge on any atom is -0.399 e. The summed E-state index contributed by atoms with van der Waals surface area (Å²) in [5.74, 6) is -0.657. The van der Waals surface area contributed by atoms with Crippen LogP contribution < -0.4 is 5.73 Å². The Bertz CT molecular complexity index is 550. The molecule has 0 saturated carbocycles. The molecule has 1 atom stereocenters. The Morgan fingerprint density at radius 3 is 2.60 bits per heavy atom. The molecular weight excluding hydrogens is 297 g/mol. The first-order chi connectivity index (χ1) is 9.14. The van der Waals surface area contributed by atoms with Gasteiger partial charge in [-0.15, -0.1) is 0 Å².